The molecule has 76 valence electrons. The number of carbonyl (C=O) groups excluding carboxylic acids is 1. The molecule has 0 aromatic rings. The van der Waals surface area contributed by atoms with Crippen molar-refractivity contribution in [2.75, 3.05) is 20.3 Å². The van der Waals surface area contributed by atoms with Crippen LogP contribution in [0.4, 0.5) is 0 Å². The average Bonchev–Trinajstić information content (AvgIpc) is 2.02. The van der Waals surface area contributed by atoms with Gasteiger partial charge in [0.05, 0.1) is 7.11 Å². The van der Waals surface area contributed by atoms with Crippen molar-refractivity contribution in [3.05, 3.63) is 0 Å². The van der Waals surface area contributed by atoms with Gasteiger partial charge in [0.2, 0.25) is 0 Å². The lowest BCUT2D eigenvalue weighted by atomic mass is 9.99. The first-order chi connectivity index (χ1) is 6.20. The van der Waals surface area contributed by atoms with Crippen molar-refractivity contribution in [2.24, 2.45) is 0 Å². The lowest BCUT2D eigenvalue weighted by Crippen LogP contribution is -2.56. The highest BCUT2D eigenvalue weighted by atomic mass is 16.5. The van der Waals surface area contributed by atoms with Gasteiger partial charge in [0.1, 0.15) is 6.04 Å². The Morgan fingerprint density at radius 3 is 2.85 bits per heavy atom. The molecule has 2 unspecified atom stereocenters. The quantitative estimate of drug-likeness (QED) is 0.630. The number of rotatable bonds is 4. The van der Waals surface area contributed by atoms with Crippen LogP contribution in [0.3, 0.4) is 0 Å². The number of likely N-dealkylation sites (tertiary alicyclic amines) is 1. The summed E-state index contributed by atoms with van der Waals surface area (Å²) in [7, 11) is 1.41. The molecule has 0 aromatic heterocycles. The molecule has 0 bridgehead atoms. The van der Waals surface area contributed by atoms with Crippen molar-refractivity contribution in [1.82, 2.24) is 4.90 Å². The number of esters is 1. The summed E-state index contributed by atoms with van der Waals surface area (Å²) in [6, 6.07) is 0.189. The van der Waals surface area contributed by atoms with Gasteiger partial charge in [-0.15, -0.1) is 0 Å². The molecule has 1 aliphatic heterocycles. The zero-order valence-electron chi connectivity index (χ0n) is 8.19. The zero-order valence-corrected chi connectivity index (χ0v) is 8.19. The van der Waals surface area contributed by atoms with Crippen LogP contribution in [0.5, 0.6) is 0 Å². The average molecular weight is 187 g/mol. The van der Waals surface area contributed by atoms with Gasteiger partial charge < -0.3 is 9.84 Å². The van der Waals surface area contributed by atoms with Crippen LogP contribution in [0.25, 0.3) is 0 Å². The number of aliphatic hydroxyl groups excluding tert-OH is 1. The van der Waals surface area contributed by atoms with Gasteiger partial charge in [-0.2, -0.15) is 0 Å². The third-order valence-electron chi connectivity index (χ3n) is 2.65. The van der Waals surface area contributed by atoms with E-state index in [9.17, 15) is 4.79 Å². The molecular weight excluding hydrogens is 170 g/mol. The van der Waals surface area contributed by atoms with E-state index in [-0.39, 0.29) is 24.7 Å². The summed E-state index contributed by atoms with van der Waals surface area (Å²) in [6.07, 6.45) is 1.59. The molecule has 1 heterocycles. The maximum Gasteiger partial charge on any atom is 0.323 e. The first kappa shape index (κ1) is 10.5. The number of aliphatic hydroxyl groups is 1. The van der Waals surface area contributed by atoms with E-state index in [1.807, 2.05) is 6.92 Å². The van der Waals surface area contributed by atoms with Crippen molar-refractivity contribution in [3.63, 3.8) is 0 Å². The third kappa shape index (κ3) is 2.19. The lowest BCUT2D eigenvalue weighted by Gasteiger charge is -2.42. The van der Waals surface area contributed by atoms with Crippen LogP contribution in [0, 0.1) is 0 Å². The van der Waals surface area contributed by atoms with Gasteiger partial charge in [-0.3, -0.25) is 9.69 Å². The van der Waals surface area contributed by atoms with Gasteiger partial charge >= 0.3 is 5.97 Å². The van der Waals surface area contributed by atoms with E-state index in [2.05, 4.69) is 9.64 Å². The maximum absolute atomic E-state index is 11.2. The van der Waals surface area contributed by atoms with Gasteiger partial charge in [-0.05, 0) is 19.8 Å². The summed E-state index contributed by atoms with van der Waals surface area (Å²) in [6.45, 7) is 3.12. The summed E-state index contributed by atoms with van der Waals surface area (Å²) in [5.74, 6) is -0.156. The first-order valence-corrected chi connectivity index (χ1v) is 4.65. The summed E-state index contributed by atoms with van der Waals surface area (Å²) in [4.78, 5) is 13.3. The van der Waals surface area contributed by atoms with Crippen molar-refractivity contribution in [1.29, 1.82) is 0 Å². The number of carbonyl (C=O) groups is 1. The Morgan fingerprint density at radius 2 is 2.46 bits per heavy atom. The predicted molar refractivity (Wildman–Crippen MR) is 48.3 cm³/mol. The fourth-order valence-electron chi connectivity index (χ4n) is 1.68. The zero-order chi connectivity index (χ0) is 9.84. The van der Waals surface area contributed by atoms with E-state index < -0.39 is 0 Å². The topological polar surface area (TPSA) is 49.8 Å². The van der Waals surface area contributed by atoms with Crippen LogP contribution in [-0.2, 0) is 9.53 Å². The number of hydrogen-bond donors (Lipinski definition) is 1. The number of methoxy groups -OCH3 is 1. The minimum absolute atomic E-state index is 0.0773. The smallest absolute Gasteiger partial charge is 0.323 e. The van der Waals surface area contributed by atoms with Gasteiger partial charge in [-0.25, -0.2) is 0 Å². The van der Waals surface area contributed by atoms with E-state index in [1.54, 1.807) is 0 Å². The molecule has 4 nitrogen and oxygen atoms in total. The van der Waals surface area contributed by atoms with Crippen LogP contribution in [-0.4, -0.2) is 48.3 Å². The minimum Gasteiger partial charge on any atom is -0.468 e. The molecule has 0 amide bonds. The van der Waals surface area contributed by atoms with Crippen LogP contribution in [0.15, 0.2) is 0 Å². The van der Waals surface area contributed by atoms with Gasteiger partial charge in [0.25, 0.3) is 0 Å². The summed E-state index contributed by atoms with van der Waals surface area (Å²) in [5.41, 5.74) is 0. The first-order valence-electron chi connectivity index (χ1n) is 4.65. The largest absolute Gasteiger partial charge is 0.468 e. The Hall–Kier alpha value is -0.610. The Labute approximate surface area is 78.5 Å². The highest BCUT2D eigenvalue weighted by molar-refractivity contribution is 5.76. The van der Waals surface area contributed by atoms with Crippen LogP contribution in [0.1, 0.15) is 19.8 Å². The van der Waals surface area contributed by atoms with Crippen molar-refractivity contribution in [2.45, 2.75) is 31.8 Å². The fraction of sp³-hybridized carbons (Fsp3) is 0.889. The van der Waals surface area contributed by atoms with Gasteiger partial charge in [-0.1, -0.05) is 0 Å². The van der Waals surface area contributed by atoms with E-state index in [1.165, 1.54) is 7.11 Å². The molecule has 1 saturated heterocycles. The SMILES string of the molecule is COC(=O)C1CCN1C(C)CCO. The number of nitrogens with zero attached hydrogens (tertiary/aromatic N) is 1. The van der Waals surface area contributed by atoms with Crippen molar-refractivity contribution in [3.8, 4) is 0 Å². The summed E-state index contributed by atoms with van der Waals surface area (Å²) < 4.78 is 4.67. The molecule has 4 heteroatoms. The molecule has 13 heavy (non-hydrogen) atoms. The molecule has 0 spiro atoms. The number of hydrogen-bond acceptors (Lipinski definition) is 4. The highest BCUT2D eigenvalue weighted by Gasteiger charge is 2.37. The normalized spacial score (nSPS) is 25.0. The second kappa shape index (κ2) is 4.58. The van der Waals surface area contributed by atoms with E-state index in [0.717, 1.165) is 13.0 Å². The summed E-state index contributed by atoms with van der Waals surface area (Å²) >= 11 is 0. The van der Waals surface area contributed by atoms with Crippen LogP contribution < -0.4 is 0 Å². The third-order valence-corrected chi connectivity index (χ3v) is 2.65. The Kier molecular flexibility index (Phi) is 3.69. The summed E-state index contributed by atoms with van der Waals surface area (Å²) in [5, 5.41) is 8.74. The van der Waals surface area contributed by atoms with Crippen molar-refractivity contribution < 1.29 is 14.6 Å². The standard InChI is InChI=1S/C9H17NO3/c1-7(4-6-11)10-5-3-8(10)9(12)13-2/h7-8,11H,3-6H2,1-2H3. The molecule has 1 aliphatic rings. The minimum atomic E-state index is -0.156. The maximum atomic E-state index is 11.2. The molecule has 0 aliphatic carbocycles. The van der Waals surface area contributed by atoms with Gasteiger partial charge in [0.15, 0.2) is 0 Å². The number of ether oxygens (including phenoxy) is 1. The highest BCUT2D eigenvalue weighted by Crippen LogP contribution is 2.22. The Morgan fingerprint density at radius 1 is 1.77 bits per heavy atom. The Bertz CT molecular complexity index is 184. The molecule has 1 N–H and O–H groups in total. The second-order valence-corrected chi connectivity index (χ2v) is 3.43. The second-order valence-electron chi connectivity index (χ2n) is 3.43. The Balaban J connectivity index is 2.39. The molecular formula is C9H17NO3. The van der Waals surface area contributed by atoms with Crippen LogP contribution >= 0.6 is 0 Å². The molecule has 0 radical (unpaired) electrons. The molecule has 1 fully saturated rings. The van der Waals surface area contributed by atoms with E-state index in [4.69, 9.17) is 5.11 Å². The fourth-order valence-corrected chi connectivity index (χ4v) is 1.68. The molecule has 0 saturated carbocycles. The van der Waals surface area contributed by atoms with Crippen molar-refractivity contribution >= 4 is 5.97 Å². The molecule has 1 rings (SSSR count). The van der Waals surface area contributed by atoms with E-state index in [0.29, 0.717) is 6.42 Å². The molecule has 0 aromatic carbocycles. The van der Waals surface area contributed by atoms with Gasteiger partial charge in [0, 0.05) is 19.2 Å². The molecule has 2 atom stereocenters. The van der Waals surface area contributed by atoms with E-state index >= 15 is 0 Å². The monoisotopic (exact) mass is 187 g/mol. The lowest BCUT2D eigenvalue weighted by molar-refractivity contribution is -0.153. The predicted octanol–water partition coefficient (Wildman–Crippen LogP) is 0.00460. The van der Waals surface area contributed by atoms with Crippen LogP contribution in [0.2, 0.25) is 0 Å².